The third kappa shape index (κ3) is 4.98. The van der Waals surface area contributed by atoms with Gasteiger partial charge in [0.1, 0.15) is 22.1 Å². The zero-order valence-electron chi connectivity index (χ0n) is 18.6. The van der Waals surface area contributed by atoms with Gasteiger partial charge in [0.15, 0.2) is 0 Å². The van der Waals surface area contributed by atoms with Crippen molar-refractivity contribution < 1.29 is 32.2 Å². The molecule has 2 aromatic rings. The van der Waals surface area contributed by atoms with Crippen LogP contribution < -0.4 is 19.5 Å². The van der Waals surface area contributed by atoms with Crippen molar-refractivity contribution in [2.24, 2.45) is 0 Å². The van der Waals surface area contributed by atoms with E-state index in [4.69, 9.17) is 18.9 Å². The van der Waals surface area contributed by atoms with Crippen LogP contribution in [-0.2, 0) is 14.8 Å². The van der Waals surface area contributed by atoms with Gasteiger partial charge in [0.05, 0.1) is 40.6 Å². The Bertz CT molecular complexity index is 1070. The molecule has 3 rings (SSSR count). The first-order valence-electron chi connectivity index (χ1n) is 10.1. The number of nitrogens with zero attached hydrogens (tertiary/aromatic N) is 1. The summed E-state index contributed by atoms with van der Waals surface area (Å²) in [5, 5.41) is 2.89. The molecular weight excluding hydrogens is 436 g/mol. The van der Waals surface area contributed by atoms with Crippen LogP contribution >= 0.6 is 0 Å². The van der Waals surface area contributed by atoms with Crippen LogP contribution in [0, 0.1) is 0 Å². The summed E-state index contributed by atoms with van der Waals surface area (Å²) in [6.45, 7) is 2.95. The van der Waals surface area contributed by atoms with E-state index < -0.39 is 22.0 Å². The van der Waals surface area contributed by atoms with Crippen molar-refractivity contribution in [2.45, 2.75) is 17.9 Å². The smallest absolute Gasteiger partial charge is 0.251 e. The Kier molecular flexibility index (Phi) is 7.60. The molecule has 1 amide bonds. The maximum atomic E-state index is 13.2. The molecule has 1 unspecified atom stereocenters. The molecule has 1 aliphatic rings. The highest BCUT2D eigenvalue weighted by atomic mass is 32.2. The predicted octanol–water partition coefficient (Wildman–Crippen LogP) is 2.22. The molecule has 174 valence electrons. The first-order valence-corrected chi connectivity index (χ1v) is 11.5. The summed E-state index contributed by atoms with van der Waals surface area (Å²) in [5.41, 5.74) is 0.966. The van der Waals surface area contributed by atoms with Crippen LogP contribution in [-0.4, -0.2) is 66.3 Å². The van der Waals surface area contributed by atoms with Crippen molar-refractivity contribution >= 4 is 15.9 Å². The molecule has 0 saturated carbocycles. The number of carbonyl (C=O) groups excluding carboxylic acids is 1. The average Bonchev–Trinajstić information content (AvgIpc) is 2.83. The third-order valence-corrected chi connectivity index (χ3v) is 7.19. The Labute approximate surface area is 188 Å². The van der Waals surface area contributed by atoms with E-state index in [-0.39, 0.29) is 29.3 Å². The minimum atomic E-state index is -3.85. The highest BCUT2D eigenvalue weighted by Gasteiger charge is 2.30. The van der Waals surface area contributed by atoms with Crippen molar-refractivity contribution in [1.82, 2.24) is 9.62 Å². The fourth-order valence-electron chi connectivity index (χ4n) is 3.48. The lowest BCUT2D eigenvalue weighted by Crippen LogP contribution is -2.40. The van der Waals surface area contributed by atoms with Gasteiger partial charge in [0, 0.05) is 30.3 Å². The van der Waals surface area contributed by atoms with Gasteiger partial charge < -0.3 is 24.3 Å². The molecule has 0 spiro atoms. The first kappa shape index (κ1) is 23.8. The average molecular weight is 465 g/mol. The summed E-state index contributed by atoms with van der Waals surface area (Å²) >= 11 is 0. The number of sulfonamides is 1. The zero-order chi connectivity index (χ0) is 23.3. The molecule has 1 atom stereocenters. The Morgan fingerprint density at radius 2 is 1.69 bits per heavy atom. The molecule has 0 aromatic heterocycles. The number of carbonyl (C=O) groups is 1. The third-order valence-electron chi connectivity index (χ3n) is 5.27. The van der Waals surface area contributed by atoms with E-state index in [2.05, 4.69) is 5.32 Å². The number of ether oxygens (including phenoxy) is 4. The molecule has 10 heteroatoms. The first-order chi connectivity index (χ1) is 15.3. The highest BCUT2D eigenvalue weighted by Crippen LogP contribution is 2.31. The quantitative estimate of drug-likeness (QED) is 0.639. The van der Waals surface area contributed by atoms with Crippen molar-refractivity contribution in [1.29, 1.82) is 0 Å². The van der Waals surface area contributed by atoms with E-state index in [0.717, 1.165) is 5.56 Å². The summed E-state index contributed by atoms with van der Waals surface area (Å²) < 4.78 is 48.8. The van der Waals surface area contributed by atoms with E-state index >= 15 is 0 Å². The number of hydrogen-bond acceptors (Lipinski definition) is 7. The number of methoxy groups -OCH3 is 3. The molecule has 1 N–H and O–H groups in total. The monoisotopic (exact) mass is 464 g/mol. The second kappa shape index (κ2) is 10.2. The standard InChI is InChI=1S/C22H28N2O7S/c1-15(18-7-6-17(28-2)14-20(18)30-4)23-22(25)16-5-8-19(29-3)21(13-16)32(26,27)24-9-11-31-12-10-24/h5-8,13-15H,9-12H2,1-4H3,(H,23,25). The van der Waals surface area contributed by atoms with E-state index in [0.29, 0.717) is 24.7 Å². The molecule has 1 saturated heterocycles. The molecule has 32 heavy (non-hydrogen) atoms. The van der Waals surface area contributed by atoms with Crippen molar-refractivity contribution in [3.63, 3.8) is 0 Å². The zero-order valence-corrected chi connectivity index (χ0v) is 19.4. The predicted molar refractivity (Wildman–Crippen MR) is 118 cm³/mol. The van der Waals surface area contributed by atoms with Gasteiger partial charge in [-0.25, -0.2) is 8.42 Å². The van der Waals surface area contributed by atoms with Crippen LogP contribution in [0.15, 0.2) is 41.3 Å². The maximum Gasteiger partial charge on any atom is 0.251 e. The molecule has 1 fully saturated rings. The number of benzene rings is 2. The normalized spacial score (nSPS) is 15.6. The van der Waals surface area contributed by atoms with Gasteiger partial charge in [-0.3, -0.25) is 4.79 Å². The summed E-state index contributed by atoms with van der Waals surface area (Å²) in [4.78, 5) is 12.9. The Morgan fingerprint density at radius 3 is 2.31 bits per heavy atom. The summed E-state index contributed by atoms with van der Waals surface area (Å²) in [7, 11) is 0.651. The minimum Gasteiger partial charge on any atom is -0.497 e. The van der Waals surface area contributed by atoms with Crippen molar-refractivity contribution in [2.75, 3.05) is 47.6 Å². The number of rotatable bonds is 8. The van der Waals surface area contributed by atoms with Gasteiger partial charge in [0.2, 0.25) is 10.0 Å². The van der Waals surface area contributed by atoms with Gasteiger partial charge in [-0.1, -0.05) is 0 Å². The topological polar surface area (TPSA) is 103 Å². The number of hydrogen-bond donors (Lipinski definition) is 1. The molecule has 0 bridgehead atoms. The van der Waals surface area contributed by atoms with Gasteiger partial charge in [-0.15, -0.1) is 0 Å². The Balaban J connectivity index is 1.87. The van der Waals surface area contributed by atoms with Gasteiger partial charge >= 0.3 is 0 Å². The minimum absolute atomic E-state index is 0.0516. The van der Waals surface area contributed by atoms with Crippen molar-refractivity contribution in [3.05, 3.63) is 47.5 Å². The fraction of sp³-hybridized carbons (Fsp3) is 0.409. The summed E-state index contributed by atoms with van der Waals surface area (Å²) in [5.74, 6) is 0.967. The number of nitrogens with one attached hydrogen (secondary N) is 1. The molecule has 9 nitrogen and oxygen atoms in total. The largest absolute Gasteiger partial charge is 0.497 e. The van der Waals surface area contributed by atoms with Gasteiger partial charge in [0.25, 0.3) is 5.91 Å². The second-order valence-corrected chi connectivity index (χ2v) is 9.09. The lowest BCUT2D eigenvalue weighted by atomic mass is 10.1. The lowest BCUT2D eigenvalue weighted by molar-refractivity contribution is 0.0729. The number of morpholine rings is 1. The van der Waals surface area contributed by atoms with Gasteiger partial charge in [-0.05, 0) is 37.3 Å². The van der Waals surface area contributed by atoms with Crippen LogP contribution in [0.4, 0.5) is 0 Å². The van der Waals surface area contributed by atoms with Crippen LogP contribution in [0.2, 0.25) is 0 Å². The molecule has 0 aliphatic carbocycles. The maximum absolute atomic E-state index is 13.2. The SMILES string of the molecule is COc1ccc(C(C)NC(=O)c2ccc(OC)c(S(=O)(=O)N3CCOCC3)c2)c(OC)c1. The van der Waals surface area contributed by atoms with Crippen molar-refractivity contribution in [3.8, 4) is 17.2 Å². The summed E-state index contributed by atoms with van der Waals surface area (Å²) in [6.07, 6.45) is 0. The van der Waals surface area contributed by atoms with Crippen LogP contribution in [0.25, 0.3) is 0 Å². The molecular formula is C22H28N2O7S. The fourth-order valence-corrected chi connectivity index (χ4v) is 5.07. The van der Waals surface area contributed by atoms with Gasteiger partial charge in [-0.2, -0.15) is 4.31 Å². The van der Waals surface area contributed by atoms with Crippen LogP contribution in [0.1, 0.15) is 28.9 Å². The molecule has 2 aromatic carbocycles. The van der Waals surface area contributed by atoms with Crippen LogP contribution in [0.5, 0.6) is 17.2 Å². The molecule has 0 radical (unpaired) electrons. The summed E-state index contributed by atoms with van der Waals surface area (Å²) in [6, 6.07) is 9.29. The lowest BCUT2D eigenvalue weighted by Gasteiger charge is -2.27. The van der Waals surface area contributed by atoms with E-state index in [1.165, 1.54) is 29.6 Å². The molecule has 1 aliphatic heterocycles. The molecule has 1 heterocycles. The van der Waals surface area contributed by atoms with E-state index in [1.807, 2.05) is 13.0 Å². The Hall–Kier alpha value is -2.82. The Morgan fingerprint density at radius 1 is 1.00 bits per heavy atom. The van der Waals surface area contributed by atoms with E-state index in [1.54, 1.807) is 26.4 Å². The van der Waals surface area contributed by atoms with E-state index in [9.17, 15) is 13.2 Å². The highest BCUT2D eigenvalue weighted by molar-refractivity contribution is 7.89. The second-order valence-electron chi connectivity index (χ2n) is 7.19. The van der Waals surface area contributed by atoms with Crippen LogP contribution in [0.3, 0.4) is 0 Å². The number of amides is 1.